The first kappa shape index (κ1) is 49.8. The lowest BCUT2D eigenvalue weighted by atomic mass is 9.83. The minimum absolute atomic E-state index is 0.000960. The Balaban J connectivity index is 1.34. The van der Waals surface area contributed by atoms with Crippen LogP contribution in [-0.2, 0) is 47.1 Å². The van der Waals surface area contributed by atoms with E-state index < -0.39 is 50.7 Å². The van der Waals surface area contributed by atoms with Crippen LogP contribution in [0.15, 0.2) is 59.5 Å². The van der Waals surface area contributed by atoms with E-state index in [9.17, 15) is 8.42 Å². The topological polar surface area (TPSA) is 108 Å². The van der Waals surface area contributed by atoms with Crippen LogP contribution < -0.4 is 0 Å². The first-order valence-corrected chi connectivity index (χ1v) is 30.1. The van der Waals surface area contributed by atoms with Gasteiger partial charge in [0, 0.05) is 32.3 Å². The van der Waals surface area contributed by atoms with E-state index >= 15 is 0 Å². The maximum atomic E-state index is 14.1. The fraction of sp³-hybridized carbons (Fsp3) is 0.787. The molecule has 1 aromatic rings. The van der Waals surface area contributed by atoms with E-state index in [4.69, 9.17) is 37.3 Å². The zero-order valence-corrected chi connectivity index (χ0v) is 41.9. The van der Waals surface area contributed by atoms with Crippen molar-refractivity contribution in [1.29, 1.82) is 0 Å². The lowest BCUT2D eigenvalue weighted by Gasteiger charge is -2.42. The van der Waals surface area contributed by atoms with E-state index in [2.05, 4.69) is 87.8 Å². The summed E-state index contributed by atoms with van der Waals surface area (Å²) in [5.41, 5.74) is 2.17. The van der Waals surface area contributed by atoms with Gasteiger partial charge in [-0.2, -0.15) is 0 Å². The molecule has 0 bridgehead atoms. The first-order chi connectivity index (χ1) is 27.9. The van der Waals surface area contributed by atoms with Crippen LogP contribution in [0.2, 0.25) is 36.3 Å². The molecule has 1 unspecified atom stereocenters. The van der Waals surface area contributed by atoms with E-state index in [1.54, 1.807) is 31.4 Å². The molecule has 13 heteroatoms. The zero-order chi connectivity index (χ0) is 44.3. The van der Waals surface area contributed by atoms with Crippen molar-refractivity contribution in [3.8, 4) is 0 Å². The molecule has 4 aliphatic heterocycles. The summed E-state index contributed by atoms with van der Waals surface area (Å²) in [6.45, 7) is 35.5. The number of rotatable bonds is 19. The second-order valence-electron chi connectivity index (χ2n) is 21.1. The lowest BCUT2D eigenvalue weighted by molar-refractivity contribution is -0.0791. The summed E-state index contributed by atoms with van der Waals surface area (Å²) < 4.78 is 80.3. The van der Waals surface area contributed by atoms with Gasteiger partial charge in [0.2, 0.25) is 0 Å². The average molecular weight is 893 g/mol. The number of hydrogen-bond acceptors (Lipinski definition) is 10. The maximum absolute atomic E-state index is 14.1. The Morgan fingerprint density at radius 2 is 1.43 bits per heavy atom. The molecular formula is C47H80O10SSi2. The molecule has 0 radical (unpaired) electrons. The molecule has 1 aromatic carbocycles. The Kier molecular flexibility index (Phi) is 16.8. The molecule has 0 aliphatic carbocycles. The molecule has 0 aromatic heterocycles. The van der Waals surface area contributed by atoms with Gasteiger partial charge in [0.25, 0.3) is 0 Å². The van der Waals surface area contributed by atoms with Gasteiger partial charge in [0.15, 0.2) is 32.8 Å². The number of hydrogen-bond donors (Lipinski definition) is 0. The Labute approximate surface area is 366 Å². The second-order valence-corrected chi connectivity index (χ2v) is 32.7. The fourth-order valence-electron chi connectivity index (χ4n) is 8.65. The molecule has 0 saturated carbocycles. The van der Waals surface area contributed by atoms with Gasteiger partial charge in [0.1, 0.15) is 0 Å². The van der Waals surface area contributed by atoms with Crippen LogP contribution in [-0.4, -0.2) is 113 Å². The van der Waals surface area contributed by atoms with Crippen LogP contribution in [0.5, 0.6) is 0 Å². The highest BCUT2D eigenvalue weighted by molar-refractivity contribution is 7.91. The van der Waals surface area contributed by atoms with Crippen molar-refractivity contribution in [3.63, 3.8) is 0 Å². The molecule has 4 saturated heterocycles. The molecule has 10 atom stereocenters. The third-order valence-electron chi connectivity index (χ3n) is 14.5. The molecule has 0 spiro atoms. The van der Waals surface area contributed by atoms with Crippen molar-refractivity contribution in [3.05, 3.63) is 54.6 Å². The molecule has 342 valence electrons. The highest BCUT2D eigenvalue weighted by atomic mass is 32.2. The standard InChI is InChI=1S/C47H80O10SSi2/c1-32-26-35(20-22-40-33(2)27-36(54-40)21-23-44-51-24-25-52-44)55-41(34(32)3)29-42-39(31-58(48,49)38-18-16-15-17-19-38)45(50-10)43(56-42)28-37(57-60(13,14)47(7,8)9)30-53-59(11,12)46(4,5)6/h15-19,32,35-37,39-45H,2-3,20-31H2,1,4-14H3/t32?,35-,36-,37-,39-,40-,41+,42-,43+,45-/m0/s1. The summed E-state index contributed by atoms with van der Waals surface area (Å²) in [5, 5.41) is 0.0203. The maximum Gasteiger partial charge on any atom is 0.192 e. The zero-order valence-electron chi connectivity index (χ0n) is 39.1. The highest BCUT2D eigenvalue weighted by Gasteiger charge is 2.50. The summed E-state index contributed by atoms with van der Waals surface area (Å²) in [7, 11) is -6.36. The van der Waals surface area contributed by atoms with Crippen molar-refractivity contribution >= 4 is 26.5 Å². The minimum atomic E-state index is -3.68. The second kappa shape index (κ2) is 20.3. The van der Waals surface area contributed by atoms with E-state index in [0.29, 0.717) is 37.6 Å². The predicted octanol–water partition coefficient (Wildman–Crippen LogP) is 10.0. The Morgan fingerprint density at radius 3 is 2.05 bits per heavy atom. The Bertz CT molecular complexity index is 1670. The van der Waals surface area contributed by atoms with E-state index in [1.165, 1.54) is 0 Å². The van der Waals surface area contributed by atoms with Crippen LogP contribution in [0.3, 0.4) is 0 Å². The van der Waals surface area contributed by atoms with Crippen LogP contribution in [0.4, 0.5) is 0 Å². The van der Waals surface area contributed by atoms with Crippen molar-refractivity contribution in [2.45, 2.75) is 196 Å². The highest BCUT2D eigenvalue weighted by Crippen LogP contribution is 2.44. The Morgan fingerprint density at radius 1 is 0.817 bits per heavy atom. The van der Waals surface area contributed by atoms with E-state index in [0.717, 1.165) is 49.7 Å². The van der Waals surface area contributed by atoms with Gasteiger partial charge in [-0.05, 0) is 97.6 Å². The van der Waals surface area contributed by atoms with Crippen LogP contribution in [0.1, 0.15) is 99.8 Å². The first-order valence-electron chi connectivity index (χ1n) is 22.6. The number of benzene rings is 1. The van der Waals surface area contributed by atoms with Crippen LogP contribution in [0.25, 0.3) is 0 Å². The van der Waals surface area contributed by atoms with E-state index in [1.807, 2.05) is 6.07 Å². The van der Waals surface area contributed by atoms with Gasteiger partial charge in [-0.15, -0.1) is 0 Å². The molecule has 0 amide bonds. The summed E-state index contributed by atoms with van der Waals surface area (Å²) in [6, 6.07) is 8.71. The average Bonchev–Trinajstić information content (AvgIpc) is 3.89. The molecular weight excluding hydrogens is 813 g/mol. The fourth-order valence-corrected chi connectivity index (χ4v) is 12.7. The summed E-state index contributed by atoms with van der Waals surface area (Å²) in [5.74, 6) is -0.318. The third kappa shape index (κ3) is 12.7. The van der Waals surface area contributed by atoms with Crippen molar-refractivity contribution in [1.82, 2.24) is 0 Å². The minimum Gasteiger partial charge on any atom is -0.414 e. The van der Waals surface area contributed by atoms with Gasteiger partial charge in [-0.1, -0.05) is 79.8 Å². The SMILES string of the molecule is C=C1C[C@H](CCC2OCCO2)O[C@H]1CC[C@H]1CC(C)C(=C)[C@@H](C[C@@H]2O[C@H](C[C@@H](CO[Si](C)(C)C(C)(C)C)O[Si](C)(C)C(C)(C)C)[C@@H](OC)[C@H]2CS(=O)(=O)c2ccccc2)O1. The molecule has 0 N–H and O–H groups in total. The smallest absolute Gasteiger partial charge is 0.192 e. The van der Waals surface area contributed by atoms with Gasteiger partial charge < -0.3 is 37.3 Å². The molecule has 4 aliphatic rings. The quantitative estimate of drug-likeness (QED) is 0.0984. The number of methoxy groups -OCH3 is 1. The largest absolute Gasteiger partial charge is 0.414 e. The summed E-state index contributed by atoms with van der Waals surface area (Å²) in [6.07, 6.45) is 4.23. The number of sulfone groups is 1. The number of ether oxygens (including phenoxy) is 6. The monoisotopic (exact) mass is 893 g/mol. The molecule has 10 nitrogen and oxygen atoms in total. The molecule has 5 rings (SSSR count). The van der Waals surface area contributed by atoms with Crippen molar-refractivity contribution in [2.24, 2.45) is 11.8 Å². The third-order valence-corrected chi connectivity index (χ3v) is 25.4. The molecule has 60 heavy (non-hydrogen) atoms. The van der Waals surface area contributed by atoms with E-state index in [-0.39, 0.29) is 58.6 Å². The van der Waals surface area contributed by atoms with Gasteiger partial charge in [-0.3, -0.25) is 0 Å². The molecule has 4 heterocycles. The van der Waals surface area contributed by atoms with Crippen molar-refractivity contribution < 1.29 is 45.7 Å². The normalized spacial score (nSPS) is 30.7. The molecule has 4 fully saturated rings. The van der Waals surface area contributed by atoms with Gasteiger partial charge in [0.05, 0.1) is 79.3 Å². The Hall–Kier alpha value is -1.24. The van der Waals surface area contributed by atoms with Crippen molar-refractivity contribution in [2.75, 3.05) is 32.7 Å². The lowest BCUT2D eigenvalue weighted by Crippen LogP contribution is -2.49. The predicted molar refractivity (Wildman–Crippen MR) is 244 cm³/mol. The van der Waals surface area contributed by atoms with Gasteiger partial charge >= 0.3 is 0 Å². The van der Waals surface area contributed by atoms with Gasteiger partial charge in [-0.25, -0.2) is 8.42 Å². The summed E-state index contributed by atoms with van der Waals surface area (Å²) in [4.78, 5) is 0.300. The van der Waals surface area contributed by atoms with Crippen LogP contribution in [0, 0.1) is 11.8 Å². The summed E-state index contributed by atoms with van der Waals surface area (Å²) >= 11 is 0. The van der Waals surface area contributed by atoms with Crippen LogP contribution >= 0.6 is 0 Å².